The van der Waals surface area contributed by atoms with Gasteiger partial charge in [0.25, 0.3) is 5.91 Å². The van der Waals surface area contributed by atoms with Gasteiger partial charge in [-0.2, -0.15) is 0 Å². The summed E-state index contributed by atoms with van der Waals surface area (Å²) in [6.45, 7) is 4.55. The van der Waals surface area contributed by atoms with Gasteiger partial charge in [0.15, 0.2) is 0 Å². The average molecular weight is 272 g/mol. The van der Waals surface area contributed by atoms with Crippen LogP contribution in [0.5, 0.6) is 0 Å². The molecule has 0 bridgehead atoms. The van der Waals surface area contributed by atoms with Gasteiger partial charge in [-0.25, -0.2) is 0 Å². The monoisotopic (exact) mass is 272 g/mol. The van der Waals surface area contributed by atoms with E-state index in [2.05, 4.69) is 24.1 Å². The Balaban J connectivity index is 2.58. The van der Waals surface area contributed by atoms with Gasteiger partial charge in [-0.05, 0) is 31.5 Å². The summed E-state index contributed by atoms with van der Waals surface area (Å²) in [5, 5.41) is 3.03. The maximum atomic E-state index is 12.1. The van der Waals surface area contributed by atoms with E-state index in [9.17, 15) is 4.79 Å². The molecule has 0 aliphatic heterocycles. The zero-order valence-corrected chi connectivity index (χ0v) is 12.4. The van der Waals surface area contributed by atoms with E-state index in [4.69, 9.17) is 5.73 Å². The molecule has 1 amide bonds. The van der Waals surface area contributed by atoms with E-state index < -0.39 is 0 Å². The lowest BCUT2D eigenvalue weighted by atomic mass is 10.1. The van der Waals surface area contributed by atoms with Crippen molar-refractivity contribution in [3.05, 3.63) is 35.4 Å². The largest absolute Gasteiger partial charge is 0.350 e. The molecule has 0 fully saturated rings. The van der Waals surface area contributed by atoms with E-state index in [1.54, 1.807) is 6.07 Å². The Morgan fingerprint density at radius 2 is 2.20 bits per heavy atom. The molecule has 0 aliphatic rings. The van der Waals surface area contributed by atoms with Gasteiger partial charge >= 0.3 is 0 Å². The van der Waals surface area contributed by atoms with Crippen LogP contribution < -0.4 is 11.1 Å². The third-order valence-electron chi connectivity index (χ3n) is 3.08. The van der Waals surface area contributed by atoms with Crippen LogP contribution in [0.25, 0.3) is 0 Å². The van der Waals surface area contributed by atoms with Crippen LogP contribution in [0.1, 0.15) is 55.5 Å². The maximum absolute atomic E-state index is 12.1. The van der Waals surface area contributed by atoms with Crippen LogP contribution in [0.3, 0.4) is 0 Å². The van der Waals surface area contributed by atoms with E-state index in [1.807, 2.05) is 25.1 Å². The summed E-state index contributed by atoms with van der Waals surface area (Å²) in [4.78, 5) is 12.1. The summed E-state index contributed by atoms with van der Waals surface area (Å²) in [5.74, 6) is 5.70. The smallest absolute Gasteiger partial charge is 0.251 e. The Bertz CT molecular complexity index is 485. The standard InChI is InChI=1S/C17H24N2O/c1-3-4-5-8-14(2)19-17(20)16-11-6-9-15(13-16)10-7-12-18/h6,9,11,13-14H,3-5,8,12,18H2,1-2H3,(H,19,20). The predicted molar refractivity (Wildman–Crippen MR) is 83.4 cm³/mol. The van der Waals surface area contributed by atoms with E-state index >= 15 is 0 Å². The van der Waals surface area contributed by atoms with Gasteiger partial charge < -0.3 is 11.1 Å². The molecule has 108 valence electrons. The molecule has 3 N–H and O–H groups in total. The van der Waals surface area contributed by atoms with E-state index in [0.29, 0.717) is 12.1 Å². The minimum atomic E-state index is -0.0367. The number of amides is 1. The molecule has 1 unspecified atom stereocenters. The third kappa shape index (κ3) is 5.90. The number of carbonyl (C=O) groups excluding carboxylic acids is 1. The van der Waals surface area contributed by atoms with Crippen molar-refractivity contribution in [1.82, 2.24) is 5.32 Å². The number of rotatable bonds is 6. The highest BCUT2D eigenvalue weighted by molar-refractivity contribution is 5.94. The van der Waals surface area contributed by atoms with Crippen LogP contribution >= 0.6 is 0 Å². The van der Waals surface area contributed by atoms with Crippen molar-refractivity contribution in [3.8, 4) is 11.8 Å². The van der Waals surface area contributed by atoms with Crippen molar-refractivity contribution < 1.29 is 4.79 Å². The molecule has 0 heterocycles. The molecule has 3 heteroatoms. The van der Waals surface area contributed by atoms with E-state index in [0.717, 1.165) is 18.4 Å². The molecule has 0 aliphatic carbocycles. The van der Waals surface area contributed by atoms with Crippen molar-refractivity contribution in [3.63, 3.8) is 0 Å². The number of unbranched alkanes of at least 4 members (excludes halogenated alkanes) is 2. The molecule has 3 nitrogen and oxygen atoms in total. The lowest BCUT2D eigenvalue weighted by Crippen LogP contribution is -2.32. The first-order valence-electron chi connectivity index (χ1n) is 7.27. The number of nitrogens with two attached hydrogens (primary N) is 1. The average Bonchev–Trinajstić information content (AvgIpc) is 2.45. The second kappa shape index (κ2) is 9.17. The summed E-state index contributed by atoms with van der Waals surface area (Å²) in [6, 6.07) is 7.53. The summed E-state index contributed by atoms with van der Waals surface area (Å²) >= 11 is 0. The van der Waals surface area contributed by atoms with Crippen LogP contribution in [0.2, 0.25) is 0 Å². The van der Waals surface area contributed by atoms with E-state index in [1.165, 1.54) is 12.8 Å². The molecule has 0 aromatic heterocycles. The molecule has 1 atom stereocenters. The SMILES string of the molecule is CCCCCC(C)NC(=O)c1cccc(C#CCN)c1. The first-order chi connectivity index (χ1) is 9.67. The minimum absolute atomic E-state index is 0.0367. The maximum Gasteiger partial charge on any atom is 0.251 e. The Hall–Kier alpha value is -1.79. The lowest BCUT2D eigenvalue weighted by Gasteiger charge is -2.13. The Labute approximate surface area is 121 Å². The number of benzene rings is 1. The second-order valence-electron chi connectivity index (χ2n) is 4.96. The van der Waals surface area contributed by atoms with Crippen LogP contribution in [0.15, 0.2) is 24.3 Å². The molecule has 0 saturated carbocycles. The number of hydrogen-bond donors (Lipinski definition) is 2. The molecule has 0 radical (unpaired) electrons. The highest BCUT2D eigenvalue weighted by Crippen LogP contribution is 2.07. The Morgan fingerprint density at radius 3 is 2.90 bits per heavy atom. The van der Waals surface area contributed by atoms with Crippen LogP contribution in [0.4, 0.5) is 0 Å². The van der Waals surface area contributed by atoms with E-state index in [-0.39, 0.29) is 11.9 Å². The topological polar surface area (TPSA) is 55.1 Å². The summed E-state index contributed by atoms with van der Waals surface area (Å²) in [5.41, 5.74) is 6.82. The normalized spacial score (nSPS) is 11.3. The molecule has 1 aromatic carbocycles. The number of carbonyl (C=O) groups is 1. The van der Waals surface area contributed by atoms with Gasteiger partial charge in [0.1, 0.15) is 0 Å². The third-order valence-corrected chi connectivity index (χ3v) is 3.08. The summed E-state index contributed by atoms with van der Waals surface area (Å²) in [7, 11) is 0. The van der Waals surface area contributed by atoms with Crippen LogP contribution in [-0.2, 0) is 0 Å². The highest BCUT2D eigenvalue weighted by atomic mass is 16.1. The lowest BCUT2D eigenvalue weighted by molar-refractivity contribution is 0.0938. The van der Waals surface area contributed by atoms with Gasteiger partial charge in [0.2, 0.25) is 0 Å². The number of nitrogens with one attached hydrogen (secondary N) is 1. The molecule has 1 aromatic rings. The molecule has 20 heavy (non-hydrogen) atoms. The van der Waals surface area contributed by atoms with Gasteiger partial charge in [-0.3, -0.25) is 4.79 Å². The van der Waals surface area contributed by atoms with Crippen molar-refractivity contribution in [2.75, 3.05) is 6.54 Å². The van der Waals surface area contributed by atoms with Gasteiger partial charge in [0.05, 0.1) is 6.54 Å². The zero-order valence-electron chi connectivity index (χ0n) is 12.4. The van der Waals surface area contributed by atoms with Crippen molar-refractivity contribution >= 4 is 5.91 Å². The summed E-state index contributed by atoms with van der Waals surface area (Å²) in [6.07, 6.45) is 4.58. The van der Waals surface area contributed by atoms with Crippen molar-refractivity contribution in [2.24, 2.45) is 5.73 Å². The first kappa shape index (κ1) is 16.3. The fraction of sp³-hybridized carbons (Fsp3) is 0.471. The first-order valence-corrected chi connectivity index (χ1v) is 7.27. The van der Waals surface area contributed by atoms with Gasteiger partial charge in [-0.1, -0.05) is 44.1 Å². The fourth-order valence-corrected chi connectivity index (χ4v) is 1.97. The fourth-order valence-electron chi connectivity index (χ4n) is 1.97. The van der Waals surface area contributed by atoms with Crippen LogP contribution in [0, 0.1) is 11.8 Å². The van der Waals surface area contributed by atoms with Crippen molar-refractivity contribution in [1.29, 1.82) is 0 Å². The van der Waals surface area contributed by atoms with Crippen LogP contribution in [-0.4, -0.2) is 18.5 Å². The molecule has 1 rings (SSSR count). The highest BCUT2D eigenvalue weighted by Gasteiger charge is 2.09. The van der Waals surface area contributed by atoms with Gasteiger partial charge in [-0.15, -0.1) is 0 Å². The second-order valence-corrected chi connectivity index (χ2v) is 4.96. The molecule has 0 spiro atoms. The molecular weight excluding hydrogens is 248 g/mol. The Kier molecular flexibility index (Phi) is 7.46. The van der Waals surface area contributed by atoms with Gasteiger partial charge in [0, 0.05) is 17.2 Å². The van der Waals surface area contributed by atoms with Crippen molar-refractivity contribution in [2.45, 2.75) is 45.6 Å². The number of hydrogen-bond acceptors (Lipinski definition) is 2. The quantitative estimate of drug-likeness (QED) is 0.618. The minimum Gasteiger partial charge on any atom is -0.350 e. The molecular formula is C17H24N2O. The zero-order chi connectivity index (χ0) is 14.8. The Morgan fingerprint density at radius 1 is 1.40 bits per heavy atom. The summed E-state index contributed by atoms with van der Waals surface area (Å²) < 4.78 is 0. The molecule has 0 saturated heterocycles. The predicted octanol–water partition coefficient (Wildman–Crippen LogP) is 2.70.